The van der Waals surface area contributed by atoms with Gasteiger partial charge in [-0.15, -0.1) is 0 Å². The van der Waals surface area contributed by atoms with Gasteiger partial charge in [0, 0.05) is 0 Å². The first-order valence-electron chi connectivity index (χ1n) is 4.30. The molecule has 0 saturated heterocycles. The molecule has 0 aliphatic carbocycles. The van der Waals surface area contributed by atoms with Crippen molar-refractivity contribution in [3.8, 4) is 17.5 Å². The summed E-state index contributed by atoms with van der Waals surface area (Å²) in [5.41, 5.74) is 6.19. The highest BCUT2D eigenvalue weighted by Crippen LogP contribution is 2.20. The van der Waals surface area contributed by atoms with Crippen LogP contribution in [0.3, 0.4) is 0 Å². The van der Waals surface area contributed by atoms with Gasteiger partial charge >= 0.3 is 0 Å². The van der Waals surface area contributed by atoms with Gasteiger partial charge < -0.3 is 10.2 Å². The molecule has 2 aromatic rings. The lowest BCUT2D eigenvalue weighted by Gasteiger charge is -1.98. The van der Waals surface area contributed by atoms with Gasteiger partial charge in [-0.3, -0.25) is 0 Å². The molecule has 2 aromatic heterocycles. The molecule has 2 heterocycles. The molecule has 5 heteroatoms. The minimum atomic E-state index is 0.115. The summed E-state index contributed by atoms with van der Waals surface area (Å²) >= 11 is 0. The number of hydrogen-bond acceptors (Lipinski definition) is 5. The predicted molar refractivity (Wildman–Crippen MR) is 53.6 cm³/mol. The maximum atomic E-state index is 8.63. The molecule has 2 N–H and O–H groups in total. The van der Waals surface area contributed by atoms with E-state index >= 15 is 0 Å². The van der Waals surface area contributed by atoms with Gasteiger partial charge in [0.05, 0.1) is 6.20 Å². The summed E-state index contributed by atoms with van der Waals surface area (Å²) in [6, 6.07) is 5.46. The van der Waals surface area contributed by atoms with E-state index in [2.05, 4.69) is 9.97 Å². The van der Waals surface area contributed by atoms with E-state index in [0.717, 1.165) is 5.76 Å². The Balaban J connectivity index is 2.48. The van der Waals surface area contributed by atoms with Gasteiger partial charge in [-0.25, -0.2) is 9.97 Å². The molecule has 0 amide bonds. The molecule has 0 spiro atoms. The van der Waals surface area contributed by atoms with Gasteiger partial charge in [0.1, 0.15) is 17.5 Å². The Bertz CT molecular complexity index is 539. The SMILES string of the molecule is Cc1ccc(-c2cnc(C#N)c(N)n2)o1. The fraction of sp³-hybridized carbons (Fsp3) is 0.100. The lowest BCUT2D eigenvalue weighted by molar-refractivity contribution is 0.546. The molecular formula is C10H8N4O. The largest absolute Gasteiger partial charge is 0.460 e. The van der Waals surface area contributed by atoms with Crippen LogP contribution in [0.1, 0.15) is 11.5 Å². The first-order valence-corrected chi connectivity index (χ1v) is 4.30. The molecule has 0 fully saturated rings. The Morgan fingerprint density at radius 1 is 1.47 bits per heavy atom. The lowest BCUT2D eigenvalue weighted by Crippen LogP contribution is -1.98. The van der Waals surface area contributed by atoms with Crippen LogP contribution in [0.25, 0.3) is 11.5 Å². The quantitative estimate of drug-likeness (QED) is 0.753. The molecule has 74 valence electrons. The zero-order valence-corrected chi connectivity index (χ0v) is 8.06. The van der Waals surface area contributed by atoms with E-state index in [1.54, 1.807) is 6.07 Å². The number of hydrogen-bond donors (Lipinski definition) is 1. The van der Waals surface area contributed by atoms with Crippen molar-refractivity contribution < 1.29 is 4.42 Å². The van der Waals surface area contributed by atoms with Crippen molar-refractivity contribution in [3.63, 3.8) is 0 Å². The van der Waals surface area contributed by atoms with Crippen LogP contribution in [0.2, 0.25) is 0 Å². The molecule has 5 nitrogen and oxygen atoms in total. The number of anilines is 1. The summed E-state index contributed by atoms with van der Waals surface area (Å²) in [6.07, 6.45) is 1.47. The van der Waals surface area contributed by atoms with Crippen molar-refractivity contribution in [3.05, 3.63) is 29.8 Å². The Morgan fingerprint density at radius 3 is 2.80 bits per heavy atom. The van der Waals surface area contributed by atoms with Gasteiger partial charge in [0.2, 0.25) is 0 Å². The van der Waals surface area contributed by atoms with Gasteiger partial charge in [0.15, 0.2) is 17.3 Å². The maximum absolute atomic E-state index is 8.63. The topological polar surface area (TPSA) is 88.7 Å². The van der Waals surface area contributed by atoms with Crippen molar-refractivity contribution in [2.24, 2.45) is 0 Å². The number of furan rings is 1. The number of nitrogen functional groups attached to an aromatic ring is 1. The molecule has 0 radical (unpaired) electrons. The molecule has 0 aliphatic heterocycles. The smallest absolute Gasteiger partial charge is 0.182 e. The third-order valence-corrected chi connectivity index (χ3v) is 1.90. The second kappa shape index (κ2) is 3.42. The van der Waals surface area contributed by atoms with Crippen LogP contribution >= 0.6 is 0 Å². The Hall–Kier alpha value is -2.35. The average molecular weight is 200 g/mol. The Morgan fingerprint density at radius 2 is 2.27 bits per heavy atom. The normalized spacial score (nSPS) is 9.87. The molecular weight excluding hydrogens is 192 g/mol. The van der Waals surface area contributed by atoms with E-state index in [9.17, 15) is 0 Å². The zero-order chi connectivity index (χ0) is 10.8. The summed E-state index contributed by atoms with van der Waals surface area (Å²) < 4.78 is 5.36. The third kappa shape index (κ3) is 1.65. The molecule has 0 unspecified atom stereocenters. The molecule has 0 bridgehead atoms. The van der Waals surface area contributed by atoms with Crippen LogP contribution in [-0.4, -0.2) is 9.97 Å². The molecule has 0 aromatic carbocycles. The van der Waals surface area contributed by atoms with Crippen LogP contribution in [0.4, 0.5) is 5.82 Å². The van der Waals surface area contributed by atoms with Gasteiger partial charge in [-0.05, 0) is 19.1 Å². The summed E-state index contributed by atoms with van der Waals surface area (Å²) in [5, 5.41) is 8.63. The highest BCUT2D eigenvalue weighted by Gasteiger charge is 2.08. The number of aromatic nitrogens is 2. The summed E-state index contributed by atoms with van der Waals surface area (Å²) in [4.78, 5) is 7.90. The Kier molecular flexibility index (Phi) is 2.10. The van der Waals surface area contributed by atoms with Gasteiger partial charge in [-0.2, -0.15) is 5.26 Å². The van der Waals surface area contributed by atoms with E-state index in [-0.39, 0.29) is 11.5 Å². The Labute approximate surface area is 86.2 Å². The van der Waals surface area contributed by atoms with Crippen molar-refractivity contribution in [2.45, 2.75) is 6.92 Å². The fourth-order valence-corrected chi connectivity index (χ4v) is 1.18. The van der Waals surface area contributed by atoms with E-state index in [4.69, 9.17) is 15.4 Å². The monoisotopic (exact) mass is 200 g/mol. The van der Waals surface area contributed by atoms with Crippen LogP contribution in [0.15, 0.2) is 22.7 Å². The summed E-state index contributed by atoms with van der Waals surface area (Å²) in [7, 11) is 0. The van der Waals surface area contributed by atoms with Crippen LogP contribution in [0.5, 0.6) is 0 Å². The summed E-state index contributed by atoms with van der Waals surface area (Å²) in [6.45, 7) is 1.84. The standard InChI is InChI=1S/C10H8N4O/c1-6-2-3-9(15-6)8-5-13-7(4-11)10(12)14-8/h2-3,5H,1H3,(H2,12,14). The van der Waals surface area contributed by atoms with Crippen molar-refractivity contribution in [2.75, 3.05) is 5.73 Å². The highest BCUT2D eigenvalue weighted by molar-refractivity contribution is 5.56. The number of rotatable bonds is 1. The van der Waals surface area contributed by atoms with Gasteiger partial charge in [-0.1, -0.05) is 0 Å². The first kappa shape index (κ1) is 9.21. The van der Waals surface area contributed by atoms with Crippen LogP contribution in [0, 0.1) is 18.3 Å². The van der Waals surface area contributed by atoms with E-state index in [0.29, 0.717) is 11.5 Å². The molecule has 0 aliphatic rings. The van der Waals surface area contributed by atoms with Crippen molar-refractivity contribution in [1.29, 1.82) is 5.26 Å². The highest BCUT2D eigenvalue weighted by atomic mass is 16.3. The molecule has 0 atom stereocenters. The van der Waals surface area contributed by atoms with E-state index in [1.165, 1.54) is 6.20 Å². The molecule has 2 rings (SSSR count). The van der Waals surface area contributed by atoms with Crippen molar-refractivity contribution in [1.82, 2.24) is 9.97 Å². The molecule has 15 heavy (non-hydrogen) atoms. The lowest BCUT2D eigenvalue weighted by atomic mass is 10.3. The number of nitrogens with two attached hydrogens (primary N) is 1. The minimum Gasteiger partial charge on any atom is -0.460 e. The van der Waals surface area contributed by atoms with E-state index < -0.39 is 0 Å². The van der Waals surface area contributed by atoms with Gasteiger partial charge in [0.25, 0.3) is 0 Å². The first-order chi connectivity index (χ1) is 7.20. The van der Waals surface area contributed by atoms with Crippen LogP contribution < -0.4 is 5.73 Å². The second-order valence-electron chi connectivity index (χ2n) is 3.01. The van der Waals surface area contributed by atoms with E-state index in [1.807, 2.05) is 19.1 Å². The predicted octanol–water partition coefficient (Wildman–Crippen LogP) is 1.50. The van der Waals surface area contributed by atoms with Crippen molar-refractivity contribution >= 4 is 5.82 Å². The average Bonchev–Trinajstić information content (AvgIpc) is 2.65. The number of nitriles is 1. The fourth-order valence-electron chi connectivity index (χ4n) is 1.18. The number of aryl methyl sites for hydroxylation is 1. The second-order valence-corrected chi connectivity index (χ2v) is 3.01. The summed E-state index contributed by atoms with van der Waals surface area (Å²) in [5.74, 6) is 1.50. The molecule has 0 saturated carbocycles. The maximum Gasteiger partial charge on any atom is 0.182 e. The number of nitrogens with zero attached hydrogens (tertiary/aromatic N) is 3. The zero-order valence-electron chi connectivity index (χ0n) is 8.06. The van der Waals surface area contributed by atoms with Crippen LogP contribution in [-0.2, 0) is 0 Å². The minimum absolute atomic E-state index is 0.115. The third-order valence-electron chi connectivity index (χ3n) is 1.90.